The highest BCUT2D eigenvalue weighted by molar-refractivity contribution is 6.30. The highest BCUT2D eigenvalue weighted by Crippen LogP contribution is 2.36. The smallest absolute Gasteiger partial charge is 0.352 e. The van der Waals surface area contributed by atoms with Crippen molar-refractivity contribution < 1.29 is 26.7 Å². The van der Waals surface area contributed by atoms with E-state index < -0.39 is 48.5 Å². The molecule has 0 bridgehead atoms. The van der Waals surface area contributed by atoms with Gasteiger partial charge in [-0.3, -0.25) is 9.48 Å². The van der Waals surface area contributed by atoms with Crippen molar-refractivity contribution in [2.24, 2.45) is 13.0 Å². The first kappa shape index (κ1) is 25.8. The zero-order chi connectivity index (χ0) is 26.3. The highest BCUT2D eigenvalue weighted by atomic mass is 35.5. The molecule has 2 aromatic heterocycles. The van der Waals surface area contributed by atoms with E-state index >= 15 is 0 Å². The van der Waals surface area contributed by atoms with Gasteiger partial charge >= 0.3 is 6.18 Å². The first-order valence-electron chi connectivity index (χ1n) is 11.0. The molecule has 1 unspecified atom stereocenters. The molecule has 4 rings (SSSR count). The van der Waals surface area contributed by atoms with Gasteiger partial charge in [0.2, 0.25) is 5.95 Å². The fraction of sp³-hybridized carbons (Fsp3) is 0.391. The van der Waals surface area contributed by atoms with Gasteiger partial charge in [0, 0.05) is 49.2 Å². The summed E-state index contributed by atoms with van der Waals surface area (Å²) in [5.74, 6) is -4.56. The Balaban J connectivity index is 1.60. The fourth-order valence-electron chi connectivity index (χ4n) is 4.26. The first-order chi connectivity index (χ1) is 16.8. The Morgan fingerprint density at radius 3 is 2.44 bits per heavy atom. The average Bonchev–Trinajstić information content (AvgIpc) is 3.19. The summed E-state index contributed by atoms with van der Waals surface area (Å²) in [7, 11) is 1.62. The maximum Gasteiger partial charge on any atom is 0.419 e. The van der Waals surface area contributed by atoms with Crippen LogP contribution in [-0.4, -0.2) is 55.6 Å². The number of nitrogens with one attached hydrogen (secondary N) is 1. The van der Waals surface area contributed by atoms with Crippen molar-refractivity contribution in [2.45, 2.75) is 31.5 Å². The van der Waals surface area contributed by atoms with Crippen LogP contribution in [0.2, 0.25) is 5.02 Å². The monoisotopic (exact) mass is 528 g/mol. The summed E-state index contributed by atoms with van der Waals surface area (Å²) >= 11 is 5.96. The maximum atomic E-state index is 14.6. The number of rotatable bonds is 5. The lowest BCUT2D eigenvalue weighted by molar-refractivity contribution is -0.138. The number of hydrogen-bond acceptors (Lipinski definition) is 5. The van der Waals surface area contributed by atoms with Crippen molar-refractivity contribution in [2.75, 3.05) is 18.4 Å². The van der Waals surface area contributed by atoms with E-state index in [1.165, 1.54) is 4.68 Å². The van der Waals surface area contributed by atoms with Crippen molar-refractivity contribution in [3.8, 4) is 11.1 Å². The summed E-state index contributed by atoms with van der Waals surface area (Å²) in [6.45, 7) is 0.719. The van der Waals surface area contributed by atoms with Gasteiger partial charge in [-0.25, -0.2) is 18.7 Å². The summed E-state index contributed by atoms with van der Waals surface area (Å²) in [4.78, 5) is 22.0. The number of halogens is 6. The van der Waals surface area contributed by atoms with Crippen LogP contribution in [0, 0.1) is 5.92 Å². The van der Waals surface area contributed by atoms with Crippen LogP contribution in [-0.2, 0) is 13.2 Å². The number of piperidine rings is 1. The summed E-state index contributed by atoms with van der Waals surface area (Å²) in [5.41, 5.74) is 0.0832. The Bertz CT molecular complexity index is 1230. The number of aromatic nitrogens is 4. The molecular formula is C23H22ClF5N6O. The molecule has 7 nitrogen and oxygen atoms in total. The van der Waals surface area contributed by atoms with Gasteiger partial charge in [0.25, 0.3) is 11.8 Å². The van der Waals surface area contributed by atoms with Gasteiger partial charge in [0.05, 0.1) is 18.2 Å². The number of hydrogen-bond donors (Lipinski definition) is 1. The standard InChI is InChI=1S/C23H22ClF5N6O/c1-13-7-22(25,26)12-35(18(13)10-32-21-30-8-15(9-31-21)23(27,28)29)20(36)19-17(11-34(2)33-19)14-3-5-16(24)6-4-14/h3-6,8-9,11,13,18H,7,10,12H2,1-2H3,(H,30,31,32)/t13-,18?/m1/s1. The lowest BCUT2D eigenvalue weighted by Gasteiger charge is -2.43. The number of anilines is 1. The molecule has 2 atom stereocenters. The number of aryl methyl sites for hydroxylation is 1. The highest BCUT2D eigenvalue weighted by Gasteiger charge is 2.47. The van der Waals surface area contributed by atoms with E-state index in [2.05, 4.69) is 20.4 Å². The SMILES string of the molecule is C[C@@H]1CC(F)(F)CN(C(=O)c2nn(C)cc2-c2ccc(Cl)cc2)C1CNc1ncc(C(F)(F)F)cn1. The molecule has 1 fully saturated rings. The molecule has 1 aliphatic heterocycles. The van der Waals surface area contributed by atoms with Crippen molar-refractivity contribution in [3.05, 3.63) is 59.1 Å². The Morgan fingerprint density at radius 2 is 1.83 bits per heavy atom. The lowest BCUT2D eigenvalue weighted by atomic mass is 9.88. The zero-order valence-corrected chi connectivity index (χ0v) is 20.0. The molecule has 36 heavy (non-hydrogen) atoms. The normalized spacial score (nSPS) is 19.8. The van der Waals surface area contributed by atoms with E-state index in [4.69, 9.17) is 11.6 Å². The van der Waals surface area contributed by atoms with Gasteiger partial charge in [-0.1, -0.05) is 30.7 Å². The van der Waals surface area contributed by atoms with Crippen molar-refractivity contribution in [1.82, 2.24) is 24.6 Å². The molecule has 192 valence electrons. The van der Waals surface area contributed by atoms with E-state index in [1.807, 2.05) is 0 Å². The maximum absolute atomic E-state index is 14.6. The van der Waals surface area contributed by atoms with Gasteiger partial charge in [-0.2, -0.15) is 18.3 Å². The first-order valence-corrected chi connectivity index (χ1v) is 11.3. The largest absolute Gasteiger partial charge is 0.419 e. The van der Waals surface area contributed by atoms with Crippen LogP contribution in [0.25, 0.3) is 11.1 Å². The van der Waals surface area contributed by atoms with Crippen molar-refractivity contribution in [1.29, 1.82) is 0 Å². The summed E-state index contributed by atoms with van der Waals surface area (Å²) < 4.78 is 68.9. The van der Waals surface area contributed by atoms with Crippen molar-refractivity contribution in [3.63, 3.8) is 0 Å². The van der Waals surface area contributed by atoms with E-state index in [0.717, 1.165) is 4.90 Å². The van der Waals surface area contributed by atoms with E-state index in [-0.39, 0.29) is 18.2 Å². The van der Waals surface area contributed by atoms with Gasteiger partial charge in [-0.05, 0) is 23.6 Å². The van der Waals surface area contributed by atoms with Crippen molar-refractivity contribution >= 4 is 23.5 Å². The zero-order valence-electron chi connectivity index (χ0n) is 19.2. The van der Waals surface area contributed by atoms with Crippen LogP contribution < -0.4 is 5.32 Å². The second kappa shape index (κ2) is 9.64. The van der Waals surface area contributed by atoms with Gasteiger partial charge in [0.15, 0.2) is 5.69 Å². The molecular weight excluding hydrogens is 507 g/mol. The molecule has 1 saturated heterocycles. The van der Waals surface area contributed by atoms with Crippen LogP contribution in [0.15, 0.2) is 42.9 Å². The minimum atomic E-state index is -4.59. The second-order valence-corrected chi connectivity index (χ2v) is 9.22. The van der Waals surface area contributed by atoms with Crippen LogP contribution in [0.3, 0.4) is 0 Å². The third-order valence-corrected chi connectivity index (χ3v) is 6.23. The summed E-state index contributed by atoms with van der Waals surface area (Å²) in [6, 6.07) is 5.97. The predicted octanol–water partition coefficient (Wildman–Crippen LogP) is 5.15. The number of amides is 1. The minimum absolute atomic E-state index is 0.000465. The Labute approximate surface area is 208 Å². The third-order valence-electron chi connectivity index (χ3n) is 5.98. The van der Waals surface area contributed by atoms with Gasteiger partial charge < -0.3 is 10.2 Å². The van der Waals surface area contributed by atoms with Gasteiger partial charge in [0.1, 0.15) is 0 Å². The number of nitrogens with zero attached hydrogens (tertiary/aromatic N) is 5. The number of carbonyl (C=O) groups is 1. The fourth-order valence-corrected chi connectivity index (χ4v) is 4.39. The molecule has 1 N–H and O–H groups in total. The number of alkyl halides is 5. The van der Waals surface area contributed by atoms with Gasteiger partial charge in [-0.15, -0.1) is 0 Å². The van der Waals surface area contributed by atoms with Crippen LogP contribution >= 0.6 is 11.6 Å². The molecule has 1 amide bonds. The predicted molar refractivity (Wildman–Crippen MR) is 123 cm³/mol. The number of benzene rings is 1. The Kier molecular flexibility index (Phi) is 6.91. The molecule has 0 radical (unpaired) electrons. The molecule has 3 aromatic rings. The molecule has 0 spiro atoms. The molecule has 1 aliphatic rings. The topological polar surface area (TPSA) is 75.9 Å². The minimum Gasteiger partial charge on any atom is -0.352 e. The lowest BCUT2D eigenvalue weighted by Crippen LogP contribution is -2.57. The molecule has 13 heteroatoms. The Morgan fingerprint density at radius 1 is 1.19 bits per heavy atom. The molecule has 1 aromatic carbocycles. The van der Waals surface area contributed by atoms with E-state index in [1.54, 1.807) is 44.4 Å². The average molecular weight is 529 g/mol. The summed E-state index contributed by atoms with van der Waals surface area (Å²) in [6.07, 6.45) is -2.17. The second-order valence-electron chi connectivity index (χ2n) is 8.78. The molecule has 0 aliphatic carbocycles. The van der Waals surface area contributed by atoms with E-state index in [9.17, 15) is 26.7 Å². The molecule has 3 heterocycles. The van der Waals surface area contributed by atoms with E-state index in [0.29, 0.717) is 28.5 Å². The number of carbonyl (C=O) groups excluding carboxylic acids is 1. The van der Waals surface area contributed by atoms with Crippen LogP contribution in [0.1, 0.15) is 29.4 Å². The molecule has 0 saturated carbocycles. The summed E-state index contributed by atoms with van der Waals surface area (Å²) in [5, 5.41) is 7.51. The Hall–Kier alpha value is -3.28. The third kappa shape index (κ3) is 5.58. The quantitative estimate of drug-likeness (QED) is 0.464. The number of likely N-dealkylation sites (tertiary alicyclic amines) is 1. The van der Waals surface area contributed by atoms with Crippen LogP contribution in [0.5, 0.6) is 0 Å². The van der Waals surface area contributed by atoms with Crippen LogP contribution in [0.4, 0.5) is 27.9 Å².